The van der Waals surface area contributed by atoms with Crippen molar-refractivity contribution >= 4 is 28.9 Å². The zero-order valence-electron chi connectivity index (χ0n) is 16.3. The first-order valence-corrected chi connectivity index (χ1v) is 9.56. The number of methoxy groups -OCH3 is 1. The predicted molar refractivity (Wildman–Crippen MR) is 112 cm³/mol. The van der Waals surface area contributed by atoms with Gasteiger partial charge in [-0.2, -0.15) is 0 Å². The lowest BCUT2D eigenvalue weighted by Gasteiger charge is -2.50. The molecule has 146 valence electrons. The van der Waals surface area contributed by atoms with E-state index < -0.39 is 11.6 Å². The van der Waals surface area contributed by atoms with Crippen LogP contribution in [0.25, 0.3) is 0 Å². The second kappa shape index (κ2) is 6.67. The van der Waals surface area contributed by atoms with Crippen molar-refractivity contribution in [3.63, 3.8) is 0 Å². The van der Waals surface area contributed by atoms with E-state index in [2.05, 4.69) is 16.0 Å². The Hall–Kier alpha value is -2.80. The monoisotopic (exact) mass is 397 g/mol. The third-order valence-electron chi connectivity index (χ3n) is 5.38. The summed E-state index contributed by atoms with van der Waals surface area (Å²) >= 11 is 5.36. The van der Waals surface area contributed by atoms with Crippen LogP contribution in [0.3, 0.4) is 0 Å². The van der Waals surface area contributed by atoms with Gasteiger partial charge in [-0.1, -0.05) is 29.8 Å². The number of nitrogens with one attached hydrogen (secondary N) is 3. The number of ether oxygens (including phenoxy) is 2. The highest BCUT2D eigenvalue weighted by Crippen LogP contribution is 2.48. The van der Waals surface area contributed by atoms with Crippen LogP contribution in [0.1, 0.15) is 29.7 Å². The van der Waals surface area contributed by atoms with Crippen LogP contribution in [0.15, 0.2) is 36.4 Å². The number of rotatable bonds is 3. The van der Waals surface area contributed by atoms with Gasteiger partial charge in [0.25, 0.3) is 0 Å². The number of hydrogen-bond donors (Lipinski definition) is 3. The summed E-state index contributed by atoms with van der Waals surface area (Å²) in [5.74, 6) is 0.559. The number of fused-ring (bicyclic) bond motifs is 4. The van der Waals surface area contributed by atoms with Crippen LogP contribution in [0.4, 0.5) is 5.69 Å². The van der Waals surface area contributed by atoms with Crippen LogP contribution in [0, 0.1) is 19.8 Å². The highest BCUT2D eigenvalue weighted by molar-refractivity contribution is 7.80. The van der Waals surface area contributed by atoms with Crippen molar-refractivity contribution in [2.45, 2.75) is 32.5 Å². The molecule has 1 amide bonds. The maximum absolute atomic E-state index is 13.3. The lowest BCUT2D eigenvalue weighted by molar-refractivity contribution is -0.132. The van der Waals surface area contributed by atoms with Crippen molar-refractivity contribution in [2.24, 2.45) is 5.92 Å². The molecule has 4 rings (SSSR count). The van der Waals surface area contributed by atoms with Crippen LogP contribution >= 0.6 is 12.2 Å². The average Bonchev–Trinajstić information content (AvgIpc) is 2.62. The van der Waals surface area contributed by atoms with Crippen molar-refractivity contribution in [1.82, 2.24) is 10.6 Å². The Bertz CT molecular complexity index is 977. The van der Waals surface area contributed by atoms with Gasteiger partial charge in [0.2, 0.25) is 5.91 Å². The Kier molecular flexibility index (Phi) is 4.42. The van der Waals surface area contributed by atoms with Crippen molar-refractivity contribution in [1.29, 1.82) is 0 Å². The van der Waals surface area contributed by atoms with Crippen LogP contribution in [0.5, 0.6) is 11.5 Å². The Morgan fingerprint density at radius 1 is 1.29 bits per heavy atom. The largest absolute Gasteiger partial charge is 0.493 e. The average molecular weight is 398 g/mol. The quantitative estimate of drug-likeness (QED) is 0.691. The zero-order chi connectivity index (χ0) is 20.1. The van der Waals surface area contributed by atoms with E-state index in [1.807, 2.05) is 57.2 Å². The summed E-state index contributed by atoms with van der Waals surface area (Å²) in [5, 5.41) is 9.90. The molecule has 0 saturated carbocycles. The number of hydrogen-bond acceptors (Lipinski definition) is 4. The number of carbonyl (C=O) groups is 1. The highest BCUT2D eigenvalue weighted by Gasteiger charge is 2.55. The number of carbonyl (C=O) groups excluding carboxylic acids is 1. The molecule has 0 unspecified atom stereocenters. The summed E-state index contributed by atoms with van der Waals surface area (Å²) in [4.78, 5) is 13.3. The molecule has 3 atom stereocenters. The minimum atomic E-state index is -1.00. The Labute approximate surface area is 169 Å². The third kappa shape index (κ3) is 2.96. The third-order valence-corrected chi connectivity index (χ3v) is 5.60. The number of anilines is 1. The first-order chi connectivity index (χ1) is 13.3. The van der Waals surface area contributed by atoms with Gasteiger partial charge >= 0.3 is 0 Å². The van der Waals surface area contributed by atoms with Gasteiger partial charge in [-0.15, -0.1) is 0 Å². The van der Waals surface area contributed by atoms with Crippen molar-refractivity contribution in [2.75, 3.05) is 12.4 Å². The summed E-state index contributed by atoms with van der Waals surface area (Å²) in [6.45, 7) is 5.85. The summed E-state index contributed by atoms with van der Waals surface area (Å²) in [6.07, 6.45) is 0. The summed E-state index contributed by atoms with van der Waals surface area (Å²) < 4.78 is 11.7. The Balaban J connectivity index is 1.74. The Morgan fingerprint density at radius 3 is 2.79 bits per heavy atom. The zero-order valence-corrected chi connectivity index (χ0v) is 17.1. The van der Waals surface area contributed by atoms with E-state index in [0.717, 1.165) is 22.4 Å². The topological polar surface area (TPSA) is 71.6 Å². The molecule has 0 aromatic heterocycles. The maximum Gasteiger partial charge on any atom is 0.236 e. The predicted octanol–water partition coefficient (Wildman–Crippen LogP) is 3.19. The van der Waals surface area contributed by atoms with Crippen LogP contribution in [-0.2, 0) is 4.79 Å². The summed E-state index contributed by atoms with van der Waals surface area (Å²) in [7, 11) is 1.60. The molecule has 0 spiro atoms. The van der Waals surface area contributed by atoms with E-state index in [0.29, 0.717) is 16.6 Å². The standard InChI is InChI=1S/C21H23N3O3S/c1-11-8-9-14(12(2)10-11)22-19(25)16-17-13-6-5-7-15(26-4)18(13)27-21(16,3)24-20(28)23-17/h5-10,16-17H,1-4H3,(H,22,25)(H2,23,24,28)/t16-,17+,21+/m1/s1. The minimum absolute atomic E-state index is 0.143. The van der Waals surface area contributed by atoms with E-state index in [1.165, 1.54) is 0 Å². The van der Waals surface area contributed by atoms with Gasteiger partial charge in [0.1, 0.15) is 5.92 Å². The first-order valence-electron chi connectivity index (χ1n) is 9.15. The number of aryl methyl sites for hydroxylation is 2. The SMILES string of the molecule is COc1cccc2c1O[C@]1(C)NC(=S)N[C@@H]2[C@@H]1C(=O)Nc1ccc(C)cc1C. The summed E-state index contributed by atoms with van der Waals surface area (Å²) in [6, 6.07) is 11.3. The maximum atomic E-state index is 13.3. The molecular weight excluding hydrogens is 374 g/mol. The molecule has 0 aliphatic carbocycles. The van der Waals surface area contributed by atoms with E-state index in [9.17, 15) is 4.79 Å². The Morgan fingerprint density at radius 2 is 2.07 bits per heavy atom. The van der Waals surface area contributed by atoms with Crippen LogP contribution < -0.4 is 25.4 Å². The molecule has 2 aromatic rings. The lowest BCUT2D eigenvalue weighted by atomic mass is 9.79. The molecule has 3 N–H and O–H groups in total. The molecule has 6 nitrogen and oxygen atoms in total. The fraction of sp³-hybridized carbons (Fsp3) is 0.333. The van der Waals surface area contributed by atoms with E-state index in [-0.39, 0.29) is 11.9 Å². The molecule has 2 bridgehead atoms. The smallest absolute Gasteiger partial charge is 0.236 e. The second-order valence-electron chi connectivity index (χ2n) is 7.45. The molecule has 1 fully saturated rings. The van der Waals surface area contributed by atoms with E-state index >= 15 is 0 Å². The van der Waals surface area contributed by atoms with Gasteiger partial charge < -0.3 is 25.4 Å². The number of para-hydroxylation sites is 1. The van der Waals surface area contributed by atoms with Gasteiger partial charge in [0.05, 0.1) is 13.2 Å². The number of thiocarbonyl (C=S) groups is 1. The van der Waals surface area contributed by atoms with Gasteiger partial charge in [0.15, 0.2) is 22.3 Å². The molecule has 2 aliphatic rings. The van der Waals surface area contributed by atoms with Gasteiger partial charge in [-0.3, -0.25) is 4.79 Å². The van der Waals surface area contributed by atoms with Crippen molar-refractivity contribution in [3.05, 3.63) is 53.1 Å². The van der Waals surface area contributed by atoms with Crippen LogP contribution in [0.2, 0.25) is 0 Å². The normalized spacial score (nSPS) is 24.9. The molecular formula is C21H23N3O3S. The molecule has 1 saturated heterocycles. The van der Waals surface area contributed by atoms with Gasteiger partial charge in [0, 0.05) is 11.3 Å². The fourth-order valence-electron chi connectivity index (χ4n) is 4.05. The molecule has 2 aliphatic heterocycles. The van der Waals surface area contributed by atoms with Crippen molar-refractivity contribution < 1.29 is 14.3 Å². The fourth-order valence-corrected chi connectivity index (χ4v) is 4.38. The van der Waals surface area contributed by atoms with Gasteiger partial charge in [-0.25, -0.2) is 0 Å². The molecule has 7 heteroatoms. The molecule has 2 aromatic carbocycles. The van der Waals surface area contributed by atoms with Crippen molar-refractivity contribution in [3.8, 4) is 11.5 Å². The number of benzene rings is 2. The number of amides is 1. The minimum Gasteiger partial charge on any atom is -0.493 e. The molecule has 0 radical (unpaired) electrons. The second-order valence-corrected chi connectivity index (χ2v) is 7.86. The molecule has 28 heavy (non-hydrogen) atoms. The van der Waals surface area contributed by atoms with Gasteiger partial charge in [-0.05, 0) is 50.7 Å². The first kappa shape index (κ1) is 18.6. The molecule has 2 heterocycles. The van der Waals surface area contributed by atoms with E-state index in [4.69, 9.17) is 21.7 Å². The van der Waals surface area contributed by atoms with E-state index in [1.54, 1.807) is 7.11 Å². The summed E-state index contributed by atoms with van der Waals surface area (Å²) in [5.41, 5.74) is 2.80. The van der Waals surface area contributed by atoms with Crippen LogP contribution in [-0.4, -0.2) is 23.9 Å². The highest BCUT2D eigenvalue weighted by atomic mass is 32.1. The lowest BCUT2D eigenvalue weighted by Crippen LogP contribution is -2.70.